The van der Waals surface area contributed by atoms with Crippen LogP contribution in [-0.4, -0.2) is 22.7 Å². The van der Waals surface area contributed by atoms with E-state index < -0.39 is 0 Å². The number of hydrogen-bond donors (Lipinski definition) is 2. The van der Waals surface area contributed by atoms with Gasteiger partial charge < -0.3 is 10.1 Å². The van der Waals surface area contributed by atoms with E-state index in [1.165, 1.54) is 0 Å². The predicted octanol–water partition coefficient (Wildman–Crippen LogP) is 4.84. The third kappa shape index (κ3) is 4.36. The summed E-state index contributed by atoms with van der Waals surface area (Å²) >= 11 is 0. The molecule has 5 heteroatoms. The van der Waals surface area contributed by atoms with Gasteiger partial charge in [-0.3, -0.25) is 10.4 Å². The lowest BCUT2D eigenvalue weighted by atomic mass is 9.97. The van der Waals surface area contributed by atoms with Gasteiger partial charge in [0.05, 0.1) is 16.9 Å². The number of nitrogens with one attached hydrogen (secondary N) is 2. The highest BCUT2D eigenvalue weighted by Gasteiger charge is 2.11. The summed E-state index contributed by atoms with van der Waals surface area (Å²) in [6.45, 7) is 0.392. The van der Waals surface area contributed by atoms with Crippen LogP contribution in [0, 0.1) is 5.41 Å². The van der Waals surface area contributed by atoms with Gasteiger partial charge in [0.25, 0.3) is 0 Å². The Kier molecular flexibility index (Phi) is 5.80. The molecule has 0 saturated carbocycles. The Morgan fingerprint density at radius 3 is 2.47 bits per heavy atom. The maximum atomic E-state index is 8.63. The number of ether oxygens (including phenoxy) is 1. The Morgan fingerprint density at radius 2 is 1.70 bits per heavy atom. The molecular weight excluding hydrogens is 372 g/mol. The van der Waals surface area contributed by atoms with Crippen LogP contribution >= 0.6 is 0 Å². The molecule has 0 fully saturated rings. The summed E-state index contributed by atoms with van der Waals surface area (Å²) in [5.74, 6) is 0.740. The van der Waals surface area contributed by atoms with E-state index >= 15 is 0 Å². The largest absolute Gasteiger partial charge is 0.487 e. The second-order valence-electron chi connectivity index (χ2n) is 6.77. The van der Waals surface area contributed by atoms with Crippen molar-refractivity contribution < 1.29 is 4.74 Å². The van der Waals surface area contributed by atoms with E-state index in [2.05, 4.69) is 21.4 Å². The second-order valence-corrected chi connectivity index (χ2v) is 6.77. The van der Waals surface area contributed by atoms with Gasteiger partial charge in [0.2, 0.25) is 0 Å². The summed E-state index contributed by atoms with van der Waals surface area (Å²) in [4.78, 5) is 8.69. The lowest BCUT2D eigenvalue weighted by molar-refractivity contribution is 0.302. The van der Waals surface area contributed by atoms with Gasteiger partial charge in [-0.1, -0.05) is 24.3 Å². The van der Waals surface area contributed by atoms with E-state index in [1.54, 1.807) is 12.4 Å². The number of allylic oxidation sites excluding steroid dienone is 1. The predicted molar refractivity (Wildman–Crippen MR) is 121 cm³/mol. The Labute approximate surface area is 175 Å². The van der Waals surface area contributed by atoms with Gasteiger partial charge in [0.15, 0.2) is 0 Å². The van der Waals surface area contributed by atoms with E-state index in [9.17, 15) is 0 Å². The van der Waals surface area contributed by atoms with Crippen molar-refractivity contribution in [1.82, 2.24) is 15.3 Å². The average molecular weight is 394 g/mol. The summed E-state index contributed by atoms with van der Waals surface area (Å²) in [6.07, 6.45) is 5.28. The smallest absolute Gasteiger partial charge is 0.130 e. The molecule has 0 aliphatic rings. The number of fused-ring (bicyclic) bond motifs is 1. The summed E-state index contributed by atoms with van der Waals surface area (Å²) in [7, 11) is 1.83. The maximum Gasteiger partial charge on any atom is 0.130 e. The quantitative estimate of drug-likeness (QED) is 0.440. The van der Waals surface area contributed by atoms with Crippen molar-refractivity contribution in [1.29, 1.82) is 5.41 Å². The van der Waals surface area contributed by atoms with Crippen molar-refractivity contribution in [3.8, 4) is 5.75 Å². The highest BCUT2D eigenvalue weighted by molar-refractivity contribution is 6.30. The van der Waals surface area contributed by atoms with Crippen molar-refractivity contribution in [3.63, 3.8) is 0 Å². The highest BCUT2D eigenvalue weighted by atomic mass is 16.5. The van der Waals surface area contributed by atoms with Gasteiger partial charge >= 0.3 is 0 Å². The van der Waals surface area contributed by atoms with Crippen molar-refractivity contribution in [2.45, 2.75) is 6.61 Å². The lowest BCUT2D eigenvalue weighted by Gasteiger charge is -2.11. The zero-order chi connectivity index (χ0) is 20.8. The molecule has 4 aromatic rings. The van der Waals surface area contributed by atoms with Crippen LogP contribution in [0.25, 0.3) is 16.5 Å². The molecule has 2 aromatic heterocycles. The zero-order valence-corrected chi connectivity index (χ0v) is 16.7. The Morgan fingerprint density at radius 1 is 0.933 bits per heavy atom. The number of hydrogen-bond acceptors (Lipinski definition) is 5. The molecule has 2 N–H and O–H groups in total. The minimum absolute atomic E-state index is 0.392. The maximum absolute atomic E-state index is 8.63. The van der Waals surface area contributed by atoms with Crippen LogP contribution in [0.1, 0.15) is 16.8 Å². The summed E-state index contributed by atoms with van der Waals surface area (Å²) in [5.41, 5.74) is 4.81. The van der Waals surface area contributed by atoms with Crippen molar-refractivity contribution >= 4 is 22.2 Å². The molecule has 0 radical (unpaired) electrons. The third-order valence-electron chi connectivity index (χ3n) is 4.74. The van der Waals surface area contributed by atoms with E-state index in [0.29, 0.717) is 12.3 Å². The Balaban J connectivity index is 1.46. The van der Waals surface area contributed by atoms with E-state index in [-0.39, 0.29) is 0 Å². The molecule has 5 nitrogen and oxygen atoms in total. The van der Waals surface area contributed by atoms with Crippen molar-refractivity contribution in [3.05, 3.63) is 108 Å². The summed E-state index contributed by atoms with van der Waals surface area (Å²) in [6, 6.07) is 23.4. The summed E-state index contributed by atoms with van der Waals surface area (Å²) in [5, 5.41) is 12.8. The monoisotopic (exact) mass is 394 g/mol. The number of aromatic nitrogens is 2. The molecule has 0 aliphatic carbocycles. The first kappa shape index (κ1) is 19.3. The van der Waals surface area contributed by atoms with Gasteiger partial charge in [-0.15, -0.1) is 0 Å². The number of pyridine rings is 2. The topological polar surface area (TPSA) is 70.9 Å². The molecule has 4 rings (SSSR count). The SMILES string of the molecule is CN/C=C(\C(=N)c1ccc(OCc2ccc3ccccc3n2)cc1)c1ccncc1. The van der Waals surface area contributed by atoms with Crippen LogP contribution in [0.15, 0.2) is 91.4 Å². The average Bonchev–Trinajstić information content (AvgIpc) is 2.81. The Bertz CT molecular complexity index is 1180. The molecule has 0 saturated heterocycles. The number of rotatable bonds is 7. The van der Waals surface area contributed by atoms with E-state index in [4.69, 9.17) is 10.1 Å². The molecule has 30 heavy (non-hydrogen) atoms. The fourth-order valence-corrected chi connectivity index (χ4v) is 3.19. The lowest BCUT2D eigenvalue weighted by Crippen LogP contribution is -2.07. The molecule has 0 spiro atoms. The molecule has 148 valence electrons. The second kappa shape index (κ2) is 9.01. The van der Waals surface area contributed by atoms with Gasteiger partial charge in [0, 0.05) is 42.2 Å². The van der Waals surface area contributed by atoms with E-state index in [0.717, 1.165) is 39.0 Å². The minimum Gasteiger partial charge on any atom is -0.487 e. The fraction of sp³-hybridized carbons (Fsp3) is 0.0800. The van der Waals surface area contributed by atoms with Crippen LogP contribution < -0.4 is 10.1 Å². The number of benzene rings is 2. The van der Waals surface area contributed by atoms with Crippen molar-refractivity contribution in [2.24, 2.45) is 0 Å². The molecule has 2 aromatic carbocycles. The first-order valence-electron chi connectivity index (χ1n) is 9.69. The Hall–Kier alpha value is -3.99. The van der Waals surface area contributed by atoms with Crippen LogP contribution in [0.5, 0.6) is 5.75 Å². The molecule has 2 heterocycles. The molecule has 0 aliphatic heterocycles. The zero-order valence-electron chi connectivity index (χ0n) is 16.7. The van der Waals surface area contributed by atoms with Gasteiger partial charge in [-0.25, -0.2) is 4.98 Å². The first-order chi connectivity index (χ1) is 14.7. The molecule has 0 unspecified atom stereocenters. The van der Waals surface area contributed by atoms with E-state index in [1.807, 2.05) is 80.0 Å². The molecule has 0 bridgehead atoms. The first-order valence-corrected chi connectivity index (χ1v) is 9.69. The third-order valence-corrected chi connectivity index (χ3v) is 4.74. The van der Waals surface area contributed by atoms with Gasteiger partial charge in [-0.2, -0.15) is 0 Å². The van der Waals surface area contributed by atoms with Crippen LogP contribution in [0.2, 0.25) is 0 Å². The standard InChI is InChI=1S/C25H22N4O/c1-27-16-23(18-12-14-28-15-13-18)25(26)20-7-10-22(11-8-20)30-17-21-9-6-19-4-2-3-5-24(19)29-21/h2-16,26-27H,17H2,1H3/b23-16-,26-25?. The molecule has 0 amide bonds. The van der Waals surface area contributed by atoms with Crippen LogP contribution in [-0.2, 0) is 6.61 Å². The number of para-hydroxylation sites is 1. The van der Waals surface area contributed by atoms with Gasteiger partial charge in [-0.05, 0) is 54.1 Å². The normalized spacial score (nSPS) is 11.3. The highest BCUT2D eigenvalue weighted by Crippen LogP contribution is 2.21. The van der Waals surface area contributed by atoms with Crippen LogP contribution in [0.3, 0.4) is 0 Å². The molecule has 0 atom stereocenters. The fourth-order valence-electron chi connectivity index (χ4n) is 3.19. The van der Waals surface area contributed by atoms with Gasteiger partial charge in [0.1, 0.15) is 12.4 Å². The minimum atomic E-state index is 0.392. The molecular formula is C25H22N4O. The van der Waals surface area contributed by atoms with Crippen molar-refractivity contribution in [2.75, 3.05) is 7.05 Å². The summed E-state index contributed by atoms with van der Waals surface area (Å²) < 4.78 is 5.90. The number of nitrogens with zero attached hydrogens (tertiary/aromatic N) is 2. The van der Waals surface area contributed by atoms with Crippen LogP contribution in [0.4, 0.5) is 0 Å².